The molecule has 5 aliphatic rings. The lowest BCUT2D eigenvalue weighted by atomic mass is 9.61. The van der Waals surface area contributed by atoms with Gasteiger partial charge >= 0.3 is 0 Å². The third-order valence-corrected chi connectivity index (χ3v) is 9.81. The van der Waals surface area contributed by atoms with Crippen molar-refractivity contribution in [3.8, 4) is 0 Å². The molecular formula is C23H29N5OS. The first kappa shape index (κ1) is 17.9. The van der Waals surface area contributed by atoms with Crippen molar-refractivity contribution < 1.29 is 4.79 Å². The van der Waals surface area contributed by atoms with Crippen LogP contribution in [0.25, 0.3) is 10.1 Å². The molecule has 5 heterocycles. The van der Waals surface area contributed by atoms with Gasteiger partial charge in [-0.05, 0) is 80.8 Å². The number of nitrogens with zero attached hydrogens (tertiary/aromatic N) is 4. The molecule has 1 aromatic carbocycles. The lowest BCUT2D eigenvalue weighted by molar-refractivity contribution is -0.0676. The zero-order valence-electron chi connectivity index (χ0n) is 17.5. The Morgan fingerprint density at radius 1 is 1.20 bits per heavy atom. The highest BCUT2D eigenvalue weighted by molar-refractivity contribution is 7.13. The number of carbonyl (C=O) groups is 1. The molecule has 30 heavy (non-hydrogen) atoms. The number of nitrogens with one attached hydrogen (secondary N) is 1. The molecule has 2 unspecified atom stereocenters. The summed E-state index contributed by atoms with van der Waals surface area (Å²) in [4.78, 5) is 20.7. The molecule has 5 fully saturated rings. The predicted molar refractivity (Wildman–Crippen MR) is 119 cm³/mol. The quantitative estimate of drug-likeness (QED) is 0.822. The molecule has 0 radical (unpaired) electrons. The number of hydrogen-bond donors (Lipinski definition) is 1. The van der Waals surface area contributed by atoms with Crippen LogP contribution in [0, 0.1) is 11.8 Å². The number of rotatable bonds is 3. The second-order valence-corrected chi connectivity index (χ2v) is 11.1. The summed E-state index contributed by atoms with van der Waals surface area (Å²) in [6.07, 6.45) is 5.21. The van der Waals surface area contributed by atoms with E-state index >= 15 is 0 Å². The van der Waals surface area contributed by atoms with Crippen molar-refractivity contribution in [2.45, 2.75) is 43.3 Å². The second-order valence-electron chi connectivity index (χ2n) is 10.3. The normalized spacial score (nSPS) is 37.6. The van der Waals surface area contributed by atoms with Crippen molar-refractivity contribution in [2.24, 2.45) is 11.8 Å². The van der Waals surface area contributed by atoms with Gasteiger partial charge in [0, 0.05) is 54.9 Å². The van der Waals surface area contributed by atoms with Gasteiger partial charge in [-0.15, -0.1) is 0 Å². The first-order valence-corrected chi connectivity index (χ1v) is 12.3. The molecule has 1 aromatic heterocycles. The van der Waals surface area contributed by atoms with Crippen LogP contribution in [0.3, 0.4) is 0 Å². The number of aromatic nitrogens is 1. The van der Waals surface area contributed by atoms with Crippen molar-refractivity contribution in [2.75, 3.05) is 44.7 Å². The minimum absolute atomic E-state index is 0.0152. The van der Waals surface area contributed by atoms with Crippen LogP contribution < -0.4 is 10.2 Å². The van der Waals surface area contributed by atoms with Crippen molar-refractivity contribution in [3.63, 3.8) is 0 Å². The SMILES string of the molecule is CN1CCC2CN(c3ccc4c(C(=O)N[C@H]5CN6CCC67CC[C@H]57)nsc4c3)[C@H]2C1. The highest BCUT2D eigenvalue weighted by Crippen LogP contribution is 2.57. The summed E-state index contributed by atoms with van der Waals surface area (Å²) in [6, 6.07) is 7.50. The summed E-state index contributed by atoms with van der Waals surface area (Å²) < 4.78 is 5.70. The third kappa shape index (κ3) is 2.31. The number of carbonyl (C=O) groups excluding carboxylic acids is 1. The van der Waals surface area contributed by atoms with E-state index in [9.17, 15) is 4.79 Å². The fourth-order valence-corrected chi connectivity index (χ4v) is 7.83. The highest BCUT2D eigenvalue weighted by Gasteiger charge is 2.63. The molecule has 2 aromatic rings. The van der Waals surface area contributed by atoms with E-state index < -0.39 is 0 Å². The van der Waals surface area contributed by atoms with E-state index in [1.165, 1.54) is 56.0 Å². The lowest BCUT2D eigenvalue weighted by Gasteiger charge is -2.58. The standard InChI is InChI=1S/C23H29N5OS/c1-26-8-5-14-11-28(19(14)13-26)15-2-3-16-20(10-15)30-25-21(16)22(29)24-18-12-27-9-7-23(27)6-4-17(18)23/h2-3,10,14,17-19H,4-9,11-13H2,1H3,(H,24,29)/t14?,17-,18+,19+,23?/m1/s1. The topological polar surface area (TPSA) is 51.7 Å². The maximum absolute atomic E-state index is 13.1. The number of anilines is 1. The van der Waals surface area contributed by atoms with Crippen LogP contribution in [-0.2, 0) is 0 Å². The molecule has 7 heteroatoms. The molecule has 4 saturated heterocycles. The first-order chi connectivity index (χ1) is 14.6. The summed E-state index contributed by atoms with van der Waals surface area (Å²) >= 11 is 1.47. The van der Waals surface area contributed by atoms with Crippen LogP contribution in [0.1, 0.15) is 36.2 Å². The maximum atomic E-state index is 13.1. The second kappa shape index (κ2) is 6.17. The van der Waals surface area contributed by atoms with Gasteiger partial charge in [0.05, 0.1) is 4.70 Å². The first-order valence-electron chi connectivity index (χ1n) is 11.5. The number of likely N-dealkylation sites (tertiary alicyclic amines) is 1. The average Bonchev–Trinajstić information content (AvgIpc) is 3.15. The van der Waals surface area contributed by atoms with E-state index in [0.717, 1.165) is 35.6 Å². The lowest BCUT2D eigenvalue weighted by Crippen LogP contribution is -2.64. The number of fused-ring (bicyclic) bond motifs is 2. The molecule has 4 aliphatic heterocycles. The number of likely N-dealkylation sites (N-methyl/N-ethyl adjacent to an activating group) is 1. The Labute approximate surface area is 181 Å². The van der Waals surface area contributed by atoms with Gasteiger partial charge in [-0.3, -0.25) is 9.69 Å². The van der Waals surface area contributed by atoms with Gasteiger partial charge in [-0.25, -0.2) is 0 Å². The summed E-state index contributed by atoms with van der Waals surface area (Å²) in [7, 11) is 2.22. The summed E-state index contributed by atoms with van der Waals surface area (Å²) in [5.74, 6) is 1.51. The molecule has 1 spiro atoms. The van der Waals surface area contributed by atoms with Gasteiger partial charge in [0.1, 0.15) is 5.69 Å². The monoisotopic (exact) mass is 423 g/mol. The van der Waals surface area contributed by atoms with Crippen molar-refractivity contribution in [1.29, 1.82) is 0 Å². The Hall–Kier alpha value is -1.70. The van der Waals surface area contributed by atoms with E-state index in [-0.39, 0.29) is 5.91 Å². The Morgan fingerprint density at radius 2 is 2.13 bits per heavy atom. The average molecular weight is 424 g/mol. The number of piperidine rings is 1. The molecule has 6 nitrogen and oxygen atoms in total. The molecule has 1 amide bonds. The number of benzene rings is 1. The van der Waals surface area contributed by atoms with Crippen molar-refractivity contribution >= 4 is 33.2 Å². The molecule has 1 N–H and O–H groups in total. The van der Waals surface area contributed by atoms with Crippen LogP contribution in [-0.4, -0.2) is 77.5 Å². The van der Waals surface area contributed by atoms with Crippen molar-refractivity contribution in [3.05, 3.63) is 23.9 Å². The largest absolute Gasteiger partial charge is 0.367 e. The molecule has 1 aliphatic carbocycles. The Morgan fingerprint density at radius 3 is 2.90 bits per heavy atom. The smallest absolute Gasteiger partial charge is 0.271 e. The zero-order chi connectivity index (χ0) is 20.0. The fourth-order valence-electron chi connectivity index (χ4n) is 7.02. The minimum Gasteiger partial charge on any atom is -0.367 e. The highest BCUT2D eigenvalue weighted by atomic mass is 32.1. The van der Waals surface area contributed by atoms with Crippen LogP contribution in [0.5, 0.6) is 0 Å². The minimum atomic E-state index is 0.0152. The molecule has 0 bridgehead atoms. The van der Waals surface area contributed by atoms with E-state index in [1.54, 1.807) is 0 Å². The Kier molecular flexibility index (Phi) is 3.69. The third-order valence-electron chi connectivity index (χ3n) is 9.00. The van der Waals surface area contributed by atoms with Gasteiger partial charge in [0.2, 0.25) is 0 Å². The molecule has 158 valence electrons. The predicted octanol–water partition coefficient (Wildman–Crippen LogP) is 2.40. The van der Waals surface area contributed by atoms with E-state index in [2.05, 4.69) is 49.6 Å². The van der Waals surface area contributed by atoms with E-state index in [1.807, 2.05) is 0 Å². The molecule has 7 rings (SSSR count). The van der Waals surface area contributed by atoms with Crippen molar-refractivity contribution in [1.82, 2.24) is 19.5 Å². The van der Waals surface area contributed by atoms with Gasteiger partial charge in [0.25, 0.3) is 5.91 Å². The van der Waals surface area contributed by atoms with Crippen LogP contribution in [0.15, 0.2) is 18.2 Å². The van der Waals surface area contributed by atoms with Crippen LogP contribution in [0.4, 0.5) is 5.69 Å². The molecule has 1 saturated carbocycles. The van der Waals surface area contributed by atoms with E-state index in [4.69, 9.17) is 0 Å². The van der Waals surface area contributed by atoms with Gasteiger partial charge in [-0.2, -0.15) is 4.37 Å². The van der Waals surface area contributed by atoms with E-state index in [0.29, 0.717) is 29.2 Å². The fraction of sp³-hybridized carbons (Fsp3) is 0.652. The number of amides is 1. The maximum Gasteiger partial charge on any atom is 0.271 e. The Bertz CT molecular complexity index is 1030. The Balaban J connectivity index is 1.10. The summed E-state index contributed by atoms with van der Waals surface area (Å²) in [6.45, 7) is 5.77. The zero-order valence-corrected chi connectivity index (χ0v) is 18.3. The van der Waals surface area contributed by atoms with Crippen LogP contribution >= 0.6 is 11.5 Å². The van der Waals surface area contributed by atoms with Gasteiger partial charge in [-0.1, -0.05) is 0 Å². The van der Waals surface area contributed by atoms with Gasteiger partial charge < -0.3 is 15.1 Å². The molecule has 5 atom stereocenters. The summed E-state index contributed by atoms with van der Waals surface area (Å²) in [5.41, 5.74) is 2.34. The summed E-state index contributed by atoms with van der Waals surface area (Å²) in [5, 5.41) is 4.35. The number of hydrogen-bond acceptors (Lipinski definition) is 6. The van der Waals surface area contributed by atoms with Gasteiger partial charge in [0.15, 0.2) is 0 Å². The van der Waals surface area contributed by atoms with Crippen LogP contribution in [0.2, 0.25) is 0 Å². The molecular weight excluding hydrogens is 394 g/mol.